The number of hydrogen-bond donors (Lipinski definition) is 1. The molecule has 3 fully saturated rings. The van der Waals surface area contributed by atoms with E-state index in [0.29, 0.717) is 31.4 Å². The highest BCUT2D eigenvalue weighted by atomic mass is 32.2. The molecule has 154 valence electrons. The van der Waals surface area contributed by atoms with Crippen LogP contribution in [-0.2, 0) is 14.8 Å². The van der Waals surface area contributed by atoms with Crippen molar-refractivity contribution >= 4 is 21.7 Å². The van der Waals surface area contributed by atoms with Crippen molar-refractivity contribution in [3.05, 3.63) is 18.3 Å². The molecule has 0 bridgehead atoms. The Balaban J connectivity index is 1.34. The van der Waals surface area contributed by atoms with Gasteiger partial charge in [-0.3, -0.25) is 4.79 Å². The summed E-state index contributed by atoms with van der Waals surface area (Å²) in [5, 5.41) is 3.36. The Hall–Kier alpha value is -1.67. The molecule has 1 unspecified atom stereocenters. The number of carbonyl (C=O) groups is 1. The van der Waals surface area contributed by atoms with E-state index in [1.54, 1.807) is 16.4 Å². The third-order valence-electron chi connectivity index (χ3n) is 6.25. The molecule has 0 spiro atoms. The molecule has 2 saturated heterocycles. The van der Waals surface area contributed by atoms with Crippen LogP contribution in [0.4, 0.5) is 5.82 Å². The van der Waals surface area contributed by atoms with Gasteiger partial charge in [0.2, 0.25) is 15.9 Å². The van der Waals surface area contributed by atoms with E-state index in [-0.39, 0.29) is 16.9 Å². The number of nitrogens with one attached hydrogen (secondary N) is 1. The van der Waals surface area contributed by atoms with Gasteiger partial charge in [0, 0.05) is 44.3 Å². The summed E-state index contributed by atoms with van der Waals surface area (Å²) in [4.78, 5) is 19.1. The van der Waals surface area contributed by atoms with Crippen LogP contribution >= 0.6 is 0 Å². The summed E-state index contributed by atoms with van der Waals surface area (Å²) in [6.45, 7) is 2.67. The van der Waals surface area contributed by atoms with Crippen LogP contribution in [0.2, 0.25) is 0 Å². The number of piperidine rings is 1. The van der Waals surface area contributed by atoms with Gasteiger partial charge >= 0.3 is 0 Å². The highest BCUT2D eigenvalue weighted by Gasteiger charge is 2.32. The molecule has 1 N–H and O–H groups in total. The highest BCUT2D eigenvalue weighted by molar-refractivity contribution is 7.89. The van der Waals surface area contributed by atoms with Crippen molar-refractivity contribution in [3.63, 3.8) is 0 Å². The molecule has 3 heterocycles. The third-order valence-corrected chi connectivity index (χ3v) is 8.13. The number of pyridine rings is 1. The Bertz CT molecular complexity index is 784. The lowest BCUT2D eigenvalue weighted by molar-refractivity contribution is -0.134. The van der Waals surface area contributed by atoms with Crippen molar-refractivity contribution in [2.45, 2.75) is 62.3 Å². The molecule has 7 nitrogen and oxygen atoms in total. The van der Waals surface area contributed by atoms with E-state index in [4.69, 9.17) is 0 Å². The monoisotopic (exact) mass is 406 g/mol. The van der Waals surface area contributed by atoms with Gasteiger partial charge in [-0.15, -0.1) is 0 Å². The zero-order valence-corrected chi connectivity index (χ0v) is 17.2. The van der Waals surface area contributed by atoms with E-state index in [1.807, 2.05) is 4.90 Å². The first-order valence-corrected chi connectivity index (χ1v) is 12.0. The predicted molar refractivity (Wildman–Crippen MR) is 107 cm³/mol. The Labute approximate surface area is 167 Å². The second-order valence-electron chi connectivity index (χ2n) is 8.24. The summed E-state index contributed by atoms with van der Waals surface area (Å²) < 4.78 is 27.0. The van der Waals surface area contributed by atoms with E-state index < -0.39 is 10.0 Å². The minimum absolute atomic E-state index is 0.169. The molecule has 0 radical (unpaired) electrons. The Morgan fingerprint density at radius 2 is 1.75 bits per heavy atom. The Morgan fingerprint density at radius 3 is 2.43 bits per heavy atom. The largest absolute Gasteiger partial charge is 0.365 e. The second-order valence-corrected chi connectivity index (χ2v) is 10.2. The third kappa shape index (κ3) is 4.17. The maximum Gasteiger partial charge on any atom is 0.244 e. The first-order valence-electron chi connectivity index (χ1n) is 10.6. The van der Waals surface area contributed by atoms with Crippen LogP contribution in [0.3, 0.4) is 0 Å². The lowest BCUT2D eigenvalue weighted by Gasteiger charge is -2.25. The average molecular weight is 407 g/mol. The van der Waals surface area contributed by atoms with Crippen LogP contribution in [0.5, 0.6) is 0 Å². The molecule has 1 aromatic rings. The van der Waals surface area contributed by atoms with Gasteiger partial charge in [0.25, 0.3) is 0 Å². The van der Waals surface area contributed by atoms with Gasteiger partial charge in [0.1, 0.15) is 10.7 Å². The van der Waals surface area contributed by atoms with Gasteiger partial charge in [-0.2, -0.15) is 4.31 Å². The van der Waals surface area contributed by atoms with Gasteiger partial charge in [-0.25, -0.2) is 13.4 Å². The van der Waals surface area contributed by atoms with E-state index in [9.17, 15) is 13.2 Å². The molecule has 1 amide bonds. The lowest BCUT2D eigenvalue weighted by Crippen LogP contribution is -2.36. The summed E-state index contributed by atoms with van der Waals surface area (Å²) in [6, 6.07) is 3.54. The number of hydrogen-bond acceptors (Lipinski definition) is 5. The molecule has 2 aliphatic heterocycles. The van der Waals surface area contributed by atoms with Crippen LogP contribution in [0, 0.1) is 5.92 Å². The van der Waals surface area contributed by atoms with E-state index in [0.717, 1.165) is 45.1 Å². The van der Waals surface area contributed by atoms with E-state index in [2.05, 4.69) is 10.3 Å². The number of likely N-dealkylation sites (tertiary alicyclic amines) is 1. The molecule has 1 aliphatic carbocycles. The molecule has 1 atom stereocenters. The molecule has 1 saturated carbocycles. The average Bonchev–Trinajstić information content (AvgIpc) is 3.41. The lowest BCUT2D eigenvalue weighted by atomic mass is 10.1. The van der Waals surface area contributed by atoms with Crippen molar-refractivity contribution in [3.8, 4) is 0 Å². The van der Waals surface area contributed by atoms with Gasteiger partial charge in [-0.1, -0.05) is 19.3 Å². The van der Waals surface area contributed by atoms with Crippen LogP contribution in [0.15, 0.2) is 23.2 Å². The number of nitrogens with zero attached hydrogens (tertiary/aromatic N) is 3. The first-order chi connectivity index (χ1) is 13.5. The summed E-state index contributed by atoms with van der Waals surface area (Å²) in [5.41, 5.74) is 0. The smallest absolute Gasteiger partial charge is 0.244 e. The summed E-state index contributed by atoms with van der Waals surface area (Å²) >= 11 is 0. The number of sulfonamides is 1. The predicted octanol–water partition coefficient (Wildman–Crippen LogP) is 2.46. The minimum atomic E-state index is -3.45. The van der Waals surface area contributed by atoms with Crippen LogP contribution < -0.4 is 5.32 Å². The number of carbonyl (C=O) groups excluding carboxylic acids is 1. The van der Waals surface area contributed by atoms with Crippen molar-refractivity contribution in [2.24, 2.45) is 5.92 Å². The first kappa shape index (κ1) is 19.6. The summed E-state index contributed by atoms with van der Waals surface area (Å²) in [5.74, 6) is 1.19. The quantitative estimate of drug-likeness (QED) is 0.812. The van der Waals surface area contributed by atoms with E-state index in [1.165, 1.54) is 19.0 Å². The van der Waals surface area contributed by atoms with Crippen molar-refractivity contribution in [1.82, 2.24) is 14.2 Å². The molecular formula is C20H30N4O3S. The number of anilines is 1. The number of aromatic nitrogens is 1. The SMILES string of the molecule is O=C(C1CCCC1)N1CCC(Nc2ccc(S(=O)(=O)N3CCCCC3)cn2)C1. The summed E-state index contributed by atoms with van der Waals surface area (Å²) in [6.07, 6.45) is 9.68. The standard InChI is InChI=1S/C20H30N4O3S/c25-20(16-6-2-3-7-16)23-13-10-17(15-23)22-19-9-8-18(14-21-19)28(26,27)24-11-4-1-5-12-24/h8-9,14,16-17H,1-7,10-13,15H2,(H,21,22). The molecule has 0 aromatic carbocycles. The fourth-order valence-electron chi connectivity index (χ4n) is 4.59. The molecule has 4 rings (SSSR count). The topological polar surface area (TPSA) is 82.6 Å². The molecule has 8 heteroatoms. The second kappa shape index (κ2) is 8.37. The van der Waals surface area contributed by atoms with Crippen molar-refractivity contribution < 1.29 is 13.2 Å². The highest BCUT2D eigenvalue weighted by Crippen LogP contribution is 2.28. The maximum atomic E-state index is 12.7. The zero-order valence-electron chi connectivity index (χ0n) is 16.3. The number of amides is 1. The maximum absolute atomic E-state index is 12.7. The molecule has 28 heavy (non-hydrogen) atoms. The van der Waals surface area contributed by atoms with Gasteiger partial charge in [-0.05, 0) is 44.2 Å². The molecule has 1 aromatic heterocycles. The van der Waals surface area contributed by atoms with Gasteiger partial charge in [0.05, 0.1) is 0 Å². The van der Waals surface area contributed by atoms with Crippen molar-refractivity contribution in [2.75, 3.05) is 31.5 Å². The van der Waals surface area contributed by atoms with Crippen LogP contribution in [0.1, 0.15) is 51.4 Å². The van der Waals surface area contributed by atoms with E-state index >= 15 is 0 Å². The van der Waals surface area contributed by atoms with Crippen LogP contribution in [-0.4, -0.2) is 60.7 Å². The minimum Gasteiger partial charge on any atom is -0.365 e. The Kier molecular flexibility index (Phi) is 5.87. The van der Waals surface area contributed by atoms with Gasteiger partial charge < -0.3 is 10.2 Å². The Morgan fingerprint density at radius 1 is 1.00 bits per heavy atom. The molecule has 3 aliphatic rings. The fourth-order valence-corrected chi connectivity index (χ4v) is 6.05. The van der Waals surface area contributed by atoms with Crippen LogP contribution in [0.25, 0.3) is 0 Å². The summed E-state index contributed by atoms with van der Waals surface area (Å²) in [7, 11) is -3.45. The zero-order chi connectivity index (χ0) is 19.6. The van der Waals surface area contributed by atoms with Crippen molar-refractivity contribution in [1.29, 1.82) is 0 Å². The number of rotatable bonds is 5. The normalized spacial score (nSPS) is 24.6. The fraction of sp³-hybridized carbons (Fsp3) is 0.700. The molecular weight excluding hydrogens is 376 g/mol. The van der Waals surface area contributed by atoms with Gasteiger partial charge in [0.15, 0.2) is 0 Å².